The topological polar surface area (TPSA) is 80.8 Å². The lowest BCUT2D eigenvalue weighted by atomic mass is 10.0. The Kier molecular flexibility index (Phi) is 5.11. The summed E-state index contributed by atoms with van der Waals surface area (Å²) in [6, 6.07) is 12.4. The average Bonchev–Trinajstić information content (AvgIpc) is 3.16. The second kappa shape index (κ2) is 7.69. The third kappa shape index (κ3) is 3.90. The molecule has 1 N–H and O–H groups in total. The SMILES string of the molecule is Cc1cccc(NC(=O)c2cccc(C(=O)N3CCC4(CC3)OCCO4)n2)c1. The number of carbonyl (C=O) groups is 2. The molecule has 7 heteroatoms. The minimum atomic E-state index is -0.528. The molecule has 1 spiro atoms. The molecule has 146 valence electrons. The standard InChI is InChI=1S/C21H23N3O4/c1-15-4-2-5-16(14-15)22-19(25)17-6-3-7-18(23-17)20(26)24-10-8-21(9-11-24)27-12-13-28-21/h2-7,14H,8-13H2,1H3,(H,22,25). The predicted octanol–water partition coefficient (Wildman–Crippen LogP) is 2.62. The number of benzene rings is 1. The molecule has 2 aromatic rings. The van der Waals surface area contributed by atoms with E-state index in [0.717, 1.165) is 5.56 Å². The van der Waals surface area contributed by atoms with Gasteiger partial charge in [0.25, 0.3) is 11.8 Å². The van der Waals surface area contributed by atoms with E-state index in [1.165, 1.54) is 0 Å². The smallest absolute Gasteiger partial charge is 0.274 e. The van der Waals surface area contributed by atoms with Crippen molar-refractivity contribution in [1.29, 1.82) is 0 Å². The molecule has 2 aliphatic heterocycles. The van der Waals surface area contributed by atoms with Gasteiger partial charge in [-0.2, -0.15) is 0 Å². The maximum atomic E-state index is 12.8. The minimum absolute atomic E-state index is 0.182. The van der Waals surface area contributed by atoms with Crippen LogP contribution in [0.4, 0.5) is 5.69 Å². The summed E-state index contributed by atoms with van der Waals surface area (Å²) in [5, 5.41) is 2.82. The molecule has 1 aromatic heterocycles. The number of amides is 2. The van der Waals surface area contributed by atoms with Crippen molar-refractivity contribution in [2.24, 2.45) is 0 Å². The number of nitrogens with zero attached hydrogens (tertiary/aromatic N) is 2. The quantitative estimate of drug-likeness (QED) is 0.884. The predicted molar refractivity (Wildman–Crippen MR) is 103 cm³/mol. The molecular weight excluding hydrogens is 358 g/mol. The van der Waals surface area contributed by atoms with E-state index in [0.29, 0.717) is 44.8 Å². The Labute approximate surface area is 163 Å². The highest BCUT2D eigenvalue weighted by atomic mass is 16.7. The number of hydrogen-bond acceptors (Lipinski definition) is 5. The lowest BCUT2D eigenvalue weighted by Crippen LogP contribution is -2.47. The summed E-state index contributed by atoms with van der Waals surface area (Å²) in [6.07, 6.45) is 1.29. The van der Waals surface area contributed by atoms with Gasteiger partial charge in [-0.3, -0.25) is 9.59 Å². The zero-order valence-electron chi connectivity index (χ0n) is 15.8. The fourth-order valence-corrected chi connectivity index (χ4v) is 3.60. The summed E-state index contributed by atoms with van der Waals surface area (Å²) >= 11 is 0. The molecule has 0 radical (unpaired) electrons. The number of piperidine rings is 1. The van der Waals surface area contributed by atoms with Crippen LogP contribution in [0.15, 0.2) is 42.5 Å². The summed E-state index contributed by atoms with van der Waals surface area (Å²) < 4.78 is 11.4. The van der Waals surface area contributed by atoms with Crippen molar-refractivity contribution < 1.29 is 19.1 Å². The van der Waals surface area contributed by atoms with Crippen molar-refractivity contribution in [3.63, 3.8) is 0 Å². The highest BCUT2D eigenvalue weighted by Crippen LogP contribution is 2.31. The molecule has 0 atom stereocenters. The van der Waals surface area contributed by atoms with Crippen LogP contribution in [0.1, 0.15) is 39.4 Å². The Morgan fingerprint density at radius 2 is 1.71 bits per heavy atom. The molecule has 4 rings (SSSR count). The fourth-order valence-electron chi connectivity index (χ4n) is 3.60. The Morgan fingerprint density at radius 3 is 2.43 bits per heavy atom. The molecule has 0 unspecified atom stereocenters. The number of nitrogens with one attached hydrogen (secondary N) is 1. The van der Waals surface area contributed by atoms with Crippen molar-refractivity contribution in [1.82, 2.24) is 9.88 Å². The first-order chi connectivity index (χ1) is 13.5. The van der Waals surface area contributed by atoms with Crippen molar-refractivity contribution in [3.8, 4) is 0 Å². The van der Waals surface area contributed by atoms with Gasteiger partial charge in [0, 0.05) is 31.6 Å². The van der Waals surface area contributed by atoms with E-state index >= 15 is 0 Å². The fraction of sp³-hybridized carbons (Fsp3) is 0.381. The summed E-state index contributed by atoms with van der Waals surface area (Å²) in [7, 11) is 0. The molecule has 3 heterocycles. The molecular formula is C21H23N3O4. The van der Waals surface area contributed by atoms with Gasteiger partial charge < -0.3 is 19.7 Å². The molecule has 2 fully saturated rings. The first-order valence-corrected chi connectivity index (χ1v) is 9.47. The van der Waals surface area contributed by atoms with Crippen LogP contribution in [-0.2, 0) is 9.47 Å². The largest absolute Gasteiger partial charge is 0.347 e. The van der Waals surface area contributed by atoms with Gasteiger partial charge in [0.05, 0.1) is 13.2 Å². The molecule has 2 saturated heterocycles. The number of hydrogen-bond donors (Lipinski definition) is 1. The molecule has 0 aliphatic carbocycles. The molecule has 1 aromatic carbocycles. The van der Waals surface area contributed by atoms with Gasteiger partial charge in [-0.05, 0) is 36.8 Å². The van der Waals surface area contributed by atoms with Crippen molar-refractivity contribution in [2.75, 3.05) is 31.6 Å². The lowest BCUT2D eigenvalue weighted by molar-refractivity contribution is -0.181. The van der Waals surface area contributed by atoms with Gasteiger partial charge in [0.15, 0.2) is 5.79 Å². The molecule has 0 bridgehead atoms. The number of pyridine rings is 1. The lowest BCUT2D eigenvalue weighted by Gasteiger charge is -2.37. The average molecular weight is 381 g/mol. The van der Waals surface area contributed by atoms with Crippen LogP contribution < -0.4 is 5.32 Å². The molecule has 28 heavy (non-hydrogen) atoms. The number of anilines is 1. The van der Waals surface area contributed by atoms with E-state index < -0.39 is 5.79 Å². The molecule has 0 saturated carbocycles. The minimum Gasteiger partial charge on any atom is -0.347 e. The van der Waals surface area contributed by atoms with Gasteiger partial charge in [-0.1, -0.05) is 18.2 Å². The maximum absolute atomic E-state index is 12.8. The zero-order valence-corrected chi connectivity index (χ0v) is 15.8. The maximum Gasteiger partial charge on any atom is 0.274 e. The van der Waals surface area contributed by atoms with E-state index in [1.54, 1.807) is 23.1 Å². The van der Waals surface area contributed by atoms with Gasteiger partial charge in [0.2, 0.25) is 0 Å². The molecule has 7 nitrogen and oxygen atoms in total. The van der Waals surface area contributed by atoms with Crippen LogP contribution in [0.5, 0.6) is 0 Å². The van der Waals surface area contributed by atoms with Gasteiger partial charge in [0.1, 0.15) is 11.4 Å². The van der Waals surface area contributed by atoms with Crippen molar-refractivity contribution in [3.05, 3.63) is 59.4 Å². The van der Waals surface area contributed by atoms with Crippen LogP contribution in [0, 0.1) is 6.92 Å². The van der Waals surface area contributed by atoms with Crippen LogP contribution in [-0.4, -0.2) is 53.8 Å². The van der Waals surface area contributed by atoms with Gasteiger partial charge >= 0.3 is 0 Å². The normalized spacial score (nSPS) is 18.2. The Balaban J connectivity index is 1.43. The second-order valence-corrected chi connectivity index (χ2v) is 7.13. The number of ether oxygens (including phenoxy) is 2. The molecule has 2 aliphatic rings. The van der Waals surface area contributed by atoms with E-state index in [-0.39, 0.29) is 23.2 Å². The first kappa shape index (κ1) is 18.6. The Morgan fingerprint density at radius 1 is 1.04 bits per heavy atom. The zero-order chi connectivity index (χ0) is 19.6. The summed E-state index contributed by atoms with van der Waals surface area (Å²) in [5.41, 5.74) is 2.22. The third-order valence-corrected chi connectivity index (χ3v) is 5.10. The highest BCUT2D eigenvalue weighted by Gasteiger charge is 2.41. The first-order valence-electron chi connectivity index (χ1n) is 9.47. The number of carbonyl (C=O) groups excluding carboxylic acids is 2. The monoisotopic (exact) mass is 381 g/mol. The van der Waals surface area contributed by atoms with Crippen LogP contribution in [0.2, 0.25) is 0 Å². The van der Waals surface area contributed by atoms with E-state index in [9.17, 15) is 9.59 Å². The summed E-state index contributed by atoms with van der Waals surface area (Å²) in [6.45, 7) is 4.25. The number of rotatable bonds is 3. The number of aromatic nitrogens is 1. The van der Waals surface area contributed by atoms with E-state index in [1.807, 2.05) is 31.2 Å². The van der Waals surface area contributed by atoms with Gasteiger partial charge in [-0.15, -0.1) is 0 Å². The van der Waals surface area contributed by atoms with Gasteiger partial charge in [-0.25, -0.2) is 4.98 Å². The van der Waals surface area contributed by atoms with E-state index in [4.69, 9.17) is 9.47 Å². The number of likely N-dealkylation sites (tertiary alicyclic amines) is 1. The van der Waals surface area contributed by atoms with E-state index in [2.05, 4.69) is 10.3 Å². The van der Waals surface area contributed by atoms with Crippen molar-refractivity contribution in [2.45, 2.75) is 25.6 Å². The van der Waals surface area contributed by atoms with Crippen molar-refractivity contribution >= 4 is 17.5 Å². The Bertz CT molecular complexity index is 883. The highest BCUT2D eigenvalue weighted by molar-refractivity contribution is 6.03. The third-order valence-electron chi connectivity index (χ3n) is 5.10. The Hall–Kier alpha value is -2.77. The summed E-state index contributed by atoms with van der Waals surface area (Å²) in [4.78, 5) is 31.4. The van der Waals surface area contributed by atoms with Crippen LogP contribution in [0.25, 0.3) is 0 Å². The summed E-state index contributed by atoms with van der Waals surface area (Å²) in [5.74, 6) is -1.05. The molecule has 2 amide bonds. The second-order valence-electron chi connectivity index (χ2n) is 7.13. The van der Waals surface area contributed by atoms with Crippen LogP contribution >= 0.6 is 0 Å². The van der Waals surface area contributed by atoms with Crippen LogP contribution in [0.3, 0.4) is 0 Å². The number of aryl methyl sites for hydroxylation is 1.